The van der Waals surface area contributed by atoms with Crippen LogP contribution in [-0.4, -0.2) is 9.49 Å². The maximum absolute atomic E-state index is 2.57. The lowest BCUT2D eigenvalue weighted by Crippen LogP contribution is -2.33. The summed E-state index contributed by atoms with van der Waals surface area (Å²) in [5.41, 5.74) is 0.835. The van der Waals surface area contributed by atoms with E-state index in [1.54, 1.807) is 0 Å². The van der Waals surface area contributed by atoms with Crippen molar-refractivity contribution >= 4 is 21.6 Å². The van der Waals surface area contributed by atoms with E-state index in [1.807, 2.05) is 0 Å². The van der Waals surface area contributed by atoms with Gasteiger partial charge in [0, 0.05) is 9.49 Å². The molecule has 1 saturated carbocycles. The summed E-state index contributed by atoms with van der Waals surface area (Å²) in [6.45, 7) is 24.6. The molecule has 0 aromatic heterocycles. The summed E-state index contributed by atoms with van der Waals surface area (Å²) < 4.78 is 0.656. The predicted molar refractivity (Wildman–Crippen MR) is 135 cm³/mol. The van der Waals surface area contributed by atoms with Crippen molar-refractivity contribution in [2.24, 2.45) is 22.7 Å². The molecule has 1 aliphatic carbocycles. The molecular formula is C26H52S2. The van der Waals surface area contributed by atoms with Gasteiger partial charge in [-0.2, -0.15) is 0 Å². The van der Waals surface area contributed by atoms with Gasteiger partial charge in [-0.05, 0) is 76.0 Å². The van der Waals surface area contributed by atoms with Crippen LogP contribution in [0.2, 0.25) is 0 Å². The monoisotopic (exact) mass is 428 g/mol. The average molecular weight is 429 g/mol. The van der Waals surface area contributed by atoms with E-state index in [0.717, 1.165) is 11.8 Å². The fourth-order valence-corrected chi connectivity index (χ4v) is 8.73. The molecule has 1 aliphatic rings. The molecule has 1 rings (SSSR count). The second-order valence-corrected chi connectivity index (χ2v) is 16.5. The molecule has 0 radical (unpaired) electrons. The van der Waals surface area contributed by atoms with Crippen molar-refractivity contribution in [3.63, 3.8) is 0 Å². The molecule has 2 atom stereocenters. The molecule has 0 bridgehead atoms. The first kappa shape index (κ1) is 26.7. The van der Waals surface area contributed by atoms with Gasteiger partial charge in [-0.25, -0.2) is 0 Å². The Labute approximate surface area is 187 Å². The van der Waals surface area contributed by atoms with E-state index in [9.17, 15) is 0 Å². The molecule has 0 aliphatic heterocycles. The van der Waals surface area contributed by atoms with Crippen molar-refractivity contribution in [3.8, 4) is 0 Å². The second-order valence-electron chi connectivity index (χ2n) is 13.0. The Hall–Kier alpha value is 0.700. The van der Waals surface area contributed by atoms with E-state index in [0.29, 0.717) is 20.3 Å². The van der Waals surface area contributed by atoms with Crippen molar-refractivity contribution in [1.29, 1.82) is 0 Å². The molecule has 0 amide bonds. The maximum atomic E-state index is 2.57. The van der Waals surface area contributed by atoms with Crippen molar-refractivity contribution in [1.82, 2.24) is 0 Å². The van der Waals surface area contributed by atoms with Crippen LogP contribution in [0, 0.1) is 22.7 Å². The highest BCUT2D eigenvalue weighted by atomic mass is 33.1. The molecule has 0 aromatic carbocycles. The minimum Gasteiger partial charge on any atom is -0.0873 e. The lowest BCUT2D eigenvalue weighted by atomic mass is 9.68. The van der Waals surface area contributed by atoms with Gasteiger partial charge < -0.3 is 0 Å². The van der Waals surface area contributed by atoms with Crippen LogP contribution in [0.15, 0.2) is 0 Å². The lowest BCUT2D eigenvalue weighted by molar-refractivity contribution is 0.147. The average Bonchev–Trinajstić information content (AvgIpc) is 2.48. The van der Waals surface area contributed by atoms with Crippen LogP contribution in [0.3, 0.4) is 0 Å². The number of hydrogen-bond acceptors (Lipinski definition) is 2. The van der Waals surface area contributed by atoms with Crippen molar-refractivity contribution in [2.45, 2.75) is 143 Å². The van der Waals surface area contributed by atoms with Crippen LogP contribution in [-0.2, 0) is 0 Å². The lowest BCUT2D eigenvalue weighted by Gasteiger charge is -2.42. The molecule has 2 heteroatoms. The minimum atomic E-state index is 0.325. The minimum absolute atomic E-state index is 0.325. The molecule has 2 unspecified atom stereocenters. The maximum Gasteiger partial charge on any atom is 0.0212 e. The van der Waals surface area contributed by atoms with Gasteiger partial charge in [-0.15, -0.1) is 0 Å². The van der Waals surface area contributed by atoms with Gasteiger partial charge in [0.15, 0.2) is 0 Å². The first-order valence-electron chi connectivity index (χ1n) is 12.0. The zero-order chi connectivity index (χ0) is 21.6. The highest BCUT2D eigenvalue weighted by Crippen LogP contribution is 2.52. The van der Waals surface area contributed by atoms with Crippen LogP contribution >= 0.6 is 21.6 Å². The molecule has 0 nitrogen and oxygen atoms in total. The van der Waals surface area contributed by atoms with E-state index in [-0.39, 0.29) is 0 Å². The van der Waals surface area contributed by atoms with Gasteiger partial charge in [-0.3, -0.25) is 0 Å². The smallest absolute Gasteiger partial charge is 0.0212 e. The summed E-state index contributed by atoms with van der Waals surface area (Å²) >= 11 is 0. The summed E-state index contributed by atoms with van der Waals surface area (Å²) in [6, 6.07) is 0. The normalized spacial score (nSPS) is 24.2. The Morgan fingerprint density at radius 1 is 0.607 bits per heavy atom. The molecule has 0 spiro atoms. The highest BCUT2D eigenvalue weighted by Gasteiger charge is 2.37. The van der Waals surface area contributed by atoms with Crippen LogP contribution in [0.5, 0.6) is 0 Å². The molecule has 0 heterocycles. The summed E-state index contributed by atoms with van der Waals surface area (Å²) in [4.78, 5) is 0. The molecular weight excluding hydrogens is 376 g/mol. The van der Waals surface area contributed by atoms with Crippen LogP contribution < -0.4 is 0 Å². The van der Waals surface area contributed by atoms with Crippen LogP contribution in [0.25, 0.3) is 0 Å². The standard InChI is InChI=1S/C26H52S2/c1-21-15-12-11-13-17-22(18-14-16-21)24(5,6)20-26(9,10)28-27-25(7,8)19-23(2,3)4/h21-22H,11-20H2,1-10H3. The van der Waals surface area contributed by atoms with Crippen LogP contribution in [0.1, 0.15) is 133 Å². The Balaban J connectivity index is 2.67. The van der Waals surface area contributed by atoms with E-state index < -0.39 is 0 Å². The number of rotatable bonds is 7. The van der Waals surface area contributed by atoms with Crippen molar-refractivity contribution in [3.05, 3.63) is 0 Å². The first-order valence-corrected chi connectivity index (χ1v) is 14.1. The summed E-state index contributed by atoms with van der Waals surface area (Å²) in [6.07, 6.45) is 14.2. The molecule has 168 valence electrons. The summed E-state index contributed by atoms with van der Waals surface area (Å²) in [5.74, 6) is 1.83. The summed E-state index contributed by atoms with van der Waals surface area (Å²) in [5, 5.41) is 0. The van der Waals surface area contributed by atoms with Gasteiger partial charge in [0.1, 0.15) is 0 Å². The fourth-order valence-electron chi connectivity index (χ4n) is 5.65. The van der Waals surface area contributed by atoms with Gasteiger partial charge in [0.25, 0.3) is 0 Å². The summed E-state index contributed by atoms with van der Waals surface area (Å²) in [7, 11) is 4.28. The Morgan fingerprint density at radius 2 is 1.07 bits per heavy atom. The Morgan fingerprint density at radius 3 is 1.64 bits per heavy atom. The van der Waals surface area contributed by atoms with Crippen molar-refractivity contribution < 1.29 is 0 Å². The fraction of sp³-hybridized carbons (Fsp3) is 1.00. The van der Waals surface area contributed by atoms with Gasteiger partial charge in [-0.1, -0.05) is 102 Å². The number of hydrogen-bond donors (Lipinski definition) is 0. The van der Waals surface area contributed by atoms with E-state index in [4.69, 9.17) is 0 Å². The SMILES string of the molecule is CC1CCCCCC(C(C)(C)CC(C)(C)SSC(C)(C)CC(C)(C)C)CCC1. The third kappa shape index (κ3) is 11.2. The third-order valence-electron chi connectivity index (χ3n) is 6.43. The van der Waals surface area contributed by atoms with E-state index >= 15 is 0 Å². The third-order valence-corrected chi connectivity index (χ3v) is 10.7. The van der Waals surface area contributed by atoms with E-state index in [1.165, 1.54) is 64.2 Å². The molecule has 1 fully saturated rings. The van der Waals surface area contributed by atoms with Gasteiger partial charge in [0.2, 0.25) is 0 Å². The zero-order valence-corrected chi connectivity index (χ0v) is 22.7. The van der Waals surface area contributed by atoms with Crippen LogP contribution in [0.4, 0.5) is 0 Å². The van der Waals surface area contributed by atoms with Gasteiger partial charge in [0.05, 0.1) is 0 Å². The Kier molecular flexibility index (Phi) is 10.3. The van der Waals surface area contributed by atoms with Crippen molar-refractivity contribution in [2.75, 3.05) is 0 Å². The zero-order valence-electron chi connectivity index (χ0n) is 21.0. The quantitative estimate of drug-likeness (QED) is 0.370. The topological polar surface area (TPSA) is 0 Å². The second kappa shape index (κ2) is 10.8. The first-order chi connectivity index (χ1) is 12.6. The molecule has 0 saturated heterocycles. The highest BCUT2D eigenvalue weighted by molar-refractivity contribution is 8.77. The largest absolute Gasteiger partial charge is 0.0873 e. The Bertz CT molecular complexity index is 442. The molecule has 0 aromatic rings. The molecule has 0 N–H and O–H groups in total. The van der Waals surface area contributed by atoms with E-state index in [2.05, 4.69) is 90.8 Å². The predicted octanol–water partition coefficient (Wildman–Crippen LogP) is 10.2. The van der Waals surface area contributed by atoms with Gasteiger partial charge >= 0.3 is 0 Å². The molecule has 28 heavy (non-hydrogen) atoms.